The lowest BCUT2D eigenvalue weighted by atomic mass is 10.0. The molecule has 0 radical (unpaired) electrons. The van der Waals surface area contributed by atoms with Crippen LogP contribution < -0.4 is 0 Å². The van der Waals surface area contributed by atoms with E-state index in [2.05, 4.69) is 18.9 Å². The van der Waals surface area contributed by atoms with Gasteiger partial charge in [-0.2, -0.15) is 5.10 Å². The Morgan fingerprint density at radius 2 is 1.76 bits per heavy atom. The molecule has 0 saturated heterocycles. The Bertz CT molecular complexity index is 718. The second kappa shape index (κ2) is 7.70. The van der Waals surface area contributed by atoms with Crippen LogP contribution in [0, 0.1) is 0 Å². The Labute approximate surface area is 148 Å². The summed E-state index contributed by atoms with van der Waals surface area (Å²) in [4.78, 5) is 14.2. The normalized spacial score (nSPS) is 12.6. The number of benzene rings is 1. The average molecular weight is 345 g/mol. The van der Waals surface area contributed by atoms with Crippen molar-refractivity contribution in [3.63, 3.8) is 0 Å². The van der Waals surface area contributed by atoms with E-state index in [0.717, 1.165) is 5.69 Å². The Kier molecular flexibility index (Phi) is 5.85. The minimum Gasteiger partial charge on any atom is -0.504 e. The van der Waals surface area contributed by atoms with E-state index < -0.39 is 12.0 Å². The molecule has 1 aromatic carbocycles. The summed E-state index contributed by atoms with van der Waals surface area (Å²) in [6.07, 6.45) is 0.776. The predicted molar refractivity (Wildman–Crippen MR) is 97.2 cm³/mol. The summed E-state index contributed by atoms with van der Waals surface area (Å²) in [5.41, 5.74) is 1.96. The molecule has 136 valence electrons. The van der Waals surface area contributed by atoms with Crippen molar-refractivity contribution in [3.8, 4) is 11.4 Å². The first-order valence-corrected chi connectivity index (χ1v) is 8.58. The largest absolute Gasteiger partial charge is 0.504 e. The molecule has 0 fully saturated rings. The van der Waals surface area contributed by atoms with Crippen molar-refractivity contribution in [1.29, 1.82) is 0 Å². The van der Waals surface area contributed by atoms with Gasteiger partial charge in [0.1, 0.15) is 0 Å². The van der Waals surface area contributed by atoms with Gasteiger partial charge in [0.25, 0.3) is 5.91 Å². The molecule has 0 spiro atoms. The highest BCUT2D eigenvalue weighted by Crippen LogP contribution is 2.22. The molecular formula is C19H27N3O3. The monoisotopic (exact) mass is 345 g/mol. The zero-order chi connectivity index (χ0) is 18.7. The Morgan fingerprint density at radius 1 is 1.16 bits per heavy atom. The molecule has 0 saturated carbocycles. The number of aliphatic hydroxyl groups is 1. The van der Waals surface area contributed by atoms with Crippen molar-refractivity contribution < 1.29 is 15.0 Å². The van der Waals surface area contributed by atoms with Crippen LogP contribution in [-0.2, 0) is 0 Å². The molecular weight excluding hydrogens is 318 g/mol. The van der Waals surface area contributed by atoms with E-state index in [4.69, 9.17) is 0 Å². The van der Waals surface area contributed by atoms with Crippen LogP contribution in [0.2, 0.25) is 0 Å². The summed E-state index contributed by atoms with van der Waals surface area (Å²) in [5, 5.41) is 24.0. The minimum absolute atomic E-state index is 0.0118. The van der Waals surface area contributed by atoms with E-state index in [1.165, 1.54) is 21.3 Å². The van der Waals surface area contributed by atoms with Gasteiger partial charge in [0.2, 0.25) is 0 Å². The van der Waals surface area contributed by atoms with E-state index in [1.54, 1.807) is 6.92 Å². The summed E-state index contributed by atoms with van der Waals surface area (Å²) in [6, 6.07) is 7.72. The number of hydrogen-bond donors (Lipinski definition) is 2. The standard InChI is InChI=1S/C19H27N3O3/c1-12(2)15-6-8-16(9-7-15)22-11-17(24)18(20-22)19(25)21(13(3)4)10-14(5)23/h6-9,11-14,23-24H,10H2,1-5H3. The summed E-state index contributed by atoms with van der Waals surface area (Å²) >= 11 is 0. The van der Waals surface area contributed by atoms with Crippen molar-refractivity contribution >= 4 is 5.91 Å². The number of aromatic nitrogens is 2. The van der Waals surface area contributed by atoms with Gasteiger partial charge in [0, 0.05) is 12.6 Å². The van der Waals surface area contributed by atoms with Crippen molar-refractivity contribution in [2.24, 2.45) is 0 Å². The van der Waals surface area contributed by atoms with Gasteiger partial charge in [-0.25, -0.2) is 4.68 Å². The maximum Gasteiger partial charge on any atom is 0.278 e. The quantitative estimate of drug-likeness (QED) is 0.844. The van der Waals surface area contributed by atoms with Crippen LogP contribution in [0.4, 0.5) is 0 Å². The molecule has 0 aliphatic rings. The third-order valence-corrected chi connectivity index (χ3v) is 4.07. The number of rotatable bonds is 6. The number of aliphatic hydroxyl groups excluding tert-OH is 1. The number of carbonyl (C=O) groups excluding carboxylic acids is 1. The van der Waals surface area contributed by atoms with E-state index in [1.807, 2.05) is 38.1 Å². The number of amides is 1. The number of carbonyl (C=O) groups is 1. The lowest BCUT2D eigenvalue weighted by Crippen LogP contribution is -2.41. The predicted octanol–water partition coefficient (Wildman–Crippen LogP) is 2.93. The molecule has 0 bridgehead atoms. The van der Waals surface area contributed by atoms with E-state index in [-0.39, 0.29) is 24.0 Å². The summed E-state index contributed by atoms with van der Waals surface area (Å²) in [6.45, 7) is 9.77. The van der Waals surface area contributed by atoms with Gasteiger partial charge >= 0.3 is 0 Å². The third-order valence-electron chi connectivity index (χ3n) is 4.07. The molecule has 2 aromatic rings. The SMILES string of the molecule is CC(O)CN(C(=O)c1nn(-c2ccc(C(C)C)cc2)cc1O)C(C)C. The first kappa shape index (κ1) is 19.0. The number of hydrogen-bond acceptors (Lipinski definition) is 4. The average Bonchev–Trinajstić information content (AvgIpc) is 2.93. The highest BCUT2D eigenvalue weighted by Gasteiger charge is 2.26. The first-order chi connectivity index (χ1) is 11.7. The summed E-state index contributed by atoms with van der Waals surface area (Å²) < 4.78 is 1.49. The van der Waals surface area contributed by atoms with Gasteiger partial charge in [0.05, 0.1) is 18.0 Å². The zero-order valence-electron chi connectivity index (χ0n) is 15.5. The molecule has 6 nitrogen and oxygen atoms in total. The highest BCUT2D eigenvalue weighted by molar-refractivity contribution is 5.95. The van der Waals surface area contributed by atoms with E-state index >= 15 is 0 Å². The molecule has 0 aliphatic carbocycles. The third kappa shape index (κ3) is 4.39. The lowest BCUT2D eigenvalue weighted by molar-refractivity contribution is 0.0570. The summed E-state index contributed by atoms with van der Waals surface area (Å²) in [5.74, 6) is -0.141. The van der Waals surface area contributed by atoms with Crippen molar-refractivity contribution in [3.05, 3.63) is 41.7 Å². The van der Waals surface area contributed by atoms with Crippen molar-refractivity contribution in [2.75, 3.05) is 6.54 Å². The zero-order valence-corrected chi connectivity index (χ0v) is 15.5. The molecule has 1 aromatic heterocycles. The molecule has 2 rings (SSSR count). The van der Waals surface area contributed by atoms with Gasteiger partial charge < -0.3 is 15.1 Å². The first-order valence-electron chi connectivity index (χ1n) is 8.58. The fourth-order valence-corrected chi connectivity index (χ4v) is 2.61. The number of aromatic hydroxyl groups is 1. The smallest absolute Gasteiger partial charge is 0.278 e. The van der Waals surface area contributed by atoms with Gasteiger partial charge in [-0.3, -0.25) is 4.79 Å². The van der Waals surface area contributed by atoms with Crippen LogP contribution in [0.15, 0.2) is 30.5 Å². The minimum atomic E-state index is -0.654. The fourth-order valence-electron chi connectivity index (χ4n) is 2.61. The molecule has 6 heteroatoms. The van der Waals surface area contributed by atoms with Gasteiger partial charge in [0.15, 0.2) is 11.4 Å². The Balaban J connectivity index is 2.31. The molecule has 0 aliphatic heterocycles. The number of nitrogens with zero attached hydrogens (tertiary/aromatic N) is 3. The molecule has 2 N–H and O–H groups in total. The maximum atomic E-state index is 12.7. The highest BCUT2D eigenvalue weighted by atomic mass is 16.3. The molecule has 25 heavy (non-hydrogen) atoms. The van der Waals surface area contributed by atoms with Gasteiger partial charge in [-0.1, -0.05) is 26.0 Å². The van der Waals surface area contributed by atoms with E-state index in [0.29, 0.717) is 5.92 Å². The topological polar surface area (TPSA) is 78.6 Å². The lowest BCUT2D eigenvalue weighted by Gasteiger charge is -2.27. The van der Waals surface area contributed by atoms with Crippen LogP contribution in [-0.4, -0.2) is 49.5 Å². The van der Waals surface area contributed by atoms with Crippen LogP contribution in [0.1, 0.15) is 56.6 Å². The molecule has 1 atom stereocenters. The molecule has 1 amide bonds. The van der Waals surface area contributed by atoms with Crippen LogP contribution >= 0.6 is 0 Å². The maximum absolute atomic E-state index is 12.7. The fraction of sp³-hybridized carbons (Fsp3) is 0.474. The van der Waals surface area contributed by atoms with Crippen LogP contribution in [0.5, 0.6) is 5.75 Å². The second-order valence-electron chi connectivity index (χ2n) is 6.95. The van der Waals surface area contributed by atoms with Crippen molar-refractivity contribution in [2.45, 2.75) is 52.7 Å². The molecule has 1 unspecified atom stereocenters. The van der Waals surface area contributed by atoms with Crippen molar-refractivity contribution in [1.82, 2.24) is 14.7 Å². The van der Waals surface area contributed by atoms with Crippen LogP contribution in [0.3, 0.4) is 0 Å². The Morgan fingerprint density at radius 3 is 2.24 bits per heavy atom. The van der Waals surface area contributed by atoms with Gasteiger partial charge in [-0.05, 0) is 44.4 Å². The Hall–Kier alpha value is -2.34. The van der Waals surface area contributed by atoms with E-state index in [9.17, 15) is 15.0 Å². The second-order valence-corrected chi connectivity index (χ2v) is 6.95. The summed E-state index contributed by atoms with van der Waals surface area (Å²) in [7, 11) is 0. The van der Waals surface area contributed by atoms with Crippen LogP contribution in [0.25, 0.3) is 5.69 Å². The van der Waals surface area contributed by atoms with Gasteiger partial charge in [-0.15, -0.1) is 0 Å². The molecule has 1 heterocycles.